The Balaban J connectivity index is 0.000000511. The molecule has 1 aromatic carbocycles. The zero-order chi connectivity index (χ0) is 15.4. The summed E-state index contributed by atoms with van der Waals surface area (Å²) in [5, 5.41) is 3.20. The molecule has 1 rings (SSSR count). The highest BCUT2D eigenvalue weighted by Crippen LogP contribution is 2.12. The van der Waals surface area contributed by atoms with Crippen LogP contribution < -0.4 is 5.32 Å². The van der Waals surface area contributed by atoms with E-state index in [1.807, 2.05) is 32.2 Å². The average molecular weight is 275 g/mol. The maximum Gasteiger partial charge on any atom is 0.302 e. The fourth-order valence-corrected chi connectivity index (χ4v) is 1.43. The highest BCUT2D eigenvalue weighted by atomic mass is 16.5. The Hall–Kier alpha value is -2.03. The van der Waals surface area contributed by atoms with Crippen LogP contribution in [0.2, 0.25) is 0 Å². The molecule has 3 nitrogen and oxygen atoms in total. The largest absolute Gasteiger partial charge is 0.466 e. The van der Waals surface area contributed by atoms with Gasteiger partial charge in [-0.2, -0.15) is 0 Å². The number of hydrogen-bond acceptors (Lipinski definition) is 3. The number of ether oxygens (including phenoxy) is 1. The summed E-state index contributed by atoms with van der Waals surface area (Å²) in [5.41, 5.74) is 3.63. The molecule has 0 aliphatic rings. The van der Waals surface area contributed by atoms with Gasteiger partial charge in [-0.1, -0.05) is 42.0 Å². The van der Waals surface area contributed by atoms with Crippen LogP contribution in [0.4, 0.5) is 0 Å². The van der Waals surface area contributed by atoms with E-state index < -0.39 is 0 Å². The Morgan fingerprint density at radius 2 is 1.85 bits per heavy atom. The number of benzene rings is 1. The van der Waals surface area contributed by atoms with Crippen molar-refractivity contribution in [3.05, 3.63) is 53.6 Å². The third kappa shape index (κ3) is 8.14. The molecule has 3 heteroatoms. The van der Waals surface area contributed by atoms with Crippen molar-refractivity contribution in [2.45, 2.75) is 27.7 Å². The second kappa shape index (κ2) is 10.9. The fourth-order valence-electron chi connectivity index (χ4n) is 1.43. The zero-order valence-electron chi connectivity index (χ0n) is 13.1. The van der Waals surface area contributed by atoms with Crippen LogP contribution in [-0.2, 0) is 9.53 Å². The van der Waals surface area contributed by atoms with Gasteiger partial charge < -0.3 is 10.1 Å². The predicted molar refractivity (Wildman–Crippen MR) is 85.2 cm³/mol. The summed E-state index contributed by atoms with van der Waals surface area (Å²) in [7, 11) is 1.95. The molecule has 0 saturated heterocycles. The first kappa shape index (κ1) is 18.0. The van der Waals surface area contributed by atoms with Crippen molar-refractivity contribution in [2.24, 2.45) is 0 Å². The highest BCUT2D eigenvalue weighted by Gasteiger charge is 1.96. The standard InChI is InChI=1S/C13H17N.C4H8O2/c1-4-11(2)10-13(14-3)12-8-6-5-7-9-12;1-3-6-4(2)5/h4-10,14H,1-3H3;3H2,1-2H3/b11-4+,13-10-;. The molecule has 1 N–H and O–H groups in total. The lowest BCUT2D eigenvalue weighted by molar-refractivity contribution is -0.140. The molecule has 0 bridgehead atoms. The highest BCUT2D eigenvalue weighted by molar-refractivity contribution is 5.66. The third-order valence-electron chi connectivity index (χ3n) is 2.53. The fraction of sp³-hybridized carbons (Fsp3) is 0.353. The number of carbonyl (C=O) groups is 1. The van der Waals surface area contributed by atoms with Gasteiger partial charge >= 0.3 is 5.97 Å². The van der Waals surface area contributed by atoms with Gasteiger partial charge in [0.05, 0.1) is 6.61 Å². The number of hydrogen-bond donors (Lipinski definition) is 1. The van der Waals surface area contributed by atoms with Crippen molar-refractivity contribution in [3.8, 4) is 0 Å². The number of nitrogens with one attached hydrogen (secondary N) is 1. The normalized spacial score (nSPS) is 11.2. The molecular formula is C17H25NO2. The smallest absolute Gasteiger partial charge is 0.302 e. The molecule has 20 heavy (non-hydrogen) atoms. The van der Waals surface area contributed by atoms with Gasteiger partial charge in [0.25, 0.3) is 0 Å². The minimum atomic E-state index is -0.211. The molecule has 0 aromatic heterocycles. The lowest BCUT2D eigenvalue weighted by atomic mass is 10.1. The van der Waals surface area contributed by atoms with Crippen LogP contribution in [0.5, 0.6) is 0 Å². The lowest BCUT2D eigenvalue weighted by Gasteiger charge is -2.06. The van der Waals surface area contributed by atoms with Crippen LogP contribution in [0.1, 0.15) is 33.3 Å². The van der Waals surface area contributed by atoms with Crippen molar-refractivity contribution >= 4 is 11.7 Å². The number of rotatable bonds is 4. The monoisotopic (exact) mass is 275 g/mol. The molecule has 0 aliphatic heterocycles. The van der Waals surface area contributed by atoms with Gasteiger partial charge in [-0.3, -0.25) is 4.79 Å². The van der Waals surface area contributed by atoms with E-state index >= 15 is 0 Å². The van der Waals surface area contributed by atoms with Crippen LogP contribution >= 0.6 is 0 Å². The van der Waals surface area contributed by atoms with E-state index in [0.29, 0.717) is 6.61 Å². The molecule has 0 spiro atoms. The maximum absolute atomic E-state index is 9.82. The topological polar surface area (TPSA) is 38.3 Å². The summed E-state index contributed by atoms with van der Waals surface area (Å²) in [6, 6.07) is 10.3. The summed E-state index contributed by atoms with van der Waals surface area (Å²) in [4.78, 5) is 9.82. The lowest BCUT2D eigenvalue weighted by Crippen LogP contribution is -2.04. The molecule has 0 saturated carbocycles. The summed E-state index contributed by atoms with van der Waals surface area (Å²) in [5.74, 6) is -0.211. The number of esters is 1. The van der Waals surface area contributed by atoms with Crippen molar-refractivity contribution in [1.29, 1.82) is 0 Å². The van der Waals surface area contributed by atoms with E-state index in [2.05, 4.69) is 41.3 Å². The van der Waals surface area contributed by atoms with E-state index in [1.54, 1.807) is 6.92 Å². The molecule has 110 valence electrons. The molecule has 0 heterocycles. The summed E-state index contributed by atoms with van der Waals surface area (Å²) >= 11 is 0. The molecule has 1 aromatic rings. The second-order valence-corrected chi connectivity index (χ2v) is 4.13. The van der Waals surface area contributed by atoms with E-state index in [4.69, 9.17) is 0 Å². The molecule has 0 radical (unpaired) electrons. The Morgan fingerprint density at radius 1 is 1.25 bits per heavy atom. The Labute approximate surface area is 122 Å². The maximum atomic E-state index is 9.82. The molecular weight excluding hydrogens is 250 g/mol. The molecule has 0 amide bonds. The quantitative estimate of drug-likeness (QED) is 0.671. The predicted octanol–water partition coefficient (Wildman–Crippen LogP) is 3.78. The van der Waals surface area contributed by atoms with Crippen molar-refractivity contribution < 1.29 is 9.53 Å². The Morgan fingerprint density at radius 3 is 2.20 bits per heavy atom. The van der Waals surface area contributed by atoms with Crippen molar-refractivity contribution in [1.82, 2.24) is 5.32 Å². The van der Waals surface area contributed by atoms with Gasteiger partial charge in [0.2, 0.25) is 0 Å². The van der Waals surface area contributed by atoms with Crippen LogP contribution in [0.3, 0.4) is 0 Å². The van der Waals surface area contributed by atoms with E-state index in [1.165, 1.54) is 18.1 Å². The van der Waals surface area contributed by atoms with E-state index in [0.717, 1.165) is 5.70 Å². The van der Waals surface area contributed by atoms with E-state index in [-0.39, 0.29) is 5.97 Å². The van der Waals surface area contributed by atoms with Gasteiger partial charge in [0.15, 0.2) is 0 Å². The van der Waals surface area contributed by atoms with Gasteiger partial charge in [0, 0.05) is 19.7 Å². The Kier molecular flexibility index (Phi) is 9.75. The first-order valence-corrected chi connectivity index (χ1v) is 6.76. The van der Waals surface area contributed by atoms with Gasteiger partial charge in [-0.05, 0) is 32.4 Å². The van der Waals surface area contributed by atoms with Crippen molar-refractivity contribution in [2.75, 3.05) is 13.7 Å². The average Bonchev–Trinajstić information content (AvgIpc) is 2.46. The SMILES string of the molecule is C/C=C(C)/C=C(\NC)c1ccccc1.CCOC(C)=O. The molecule has 0 fully saturated rings. The zero-order valence-corrected chi connectivity index (χ0v) is 13.1. The van der Waals surface area contributed by atoms with E-state index in [9.17, 15) is 4.79 Å². The minimum Gasteiger partial charge on any atom is -0.466 e. The van der Waals surface area contributed by atoms with Crippen LogP contribution in [-0.4, -0.2) is 19.6 Å². The molecule has 0 unspecified atom stereocenters. The van der Waals surface area contributed by atoms with Crippen LogP contribution in [0.25, 0.3) is 5.70 Å². The van der Waals surface area contributed by atoms with Crippen LogP contribution in [0.15, 0.2) is 48.1 Å². The minimum absolute atomic E-state index is 0.211. The number of allylic oxidation sites excluding steroid dienone is 3. The first-order valence-electron chi connectivity index (χ1n) is 6.76. The number of carbonyl (C=O) groups excluding carboxylic acids is 1. The molecule has 0 aliphatic carbocycles. The summed E-state index contributed by atoms with van der Waals surface area (Å²) < 4.78 is 4.40. The summed E-state index contributed by atoms with van der Waals surface area (Å²) in [6.07, 6.45) is 4.25. The Bertz CT molecular complexity index is 447. The van der Waals surface area contributed by atoms with Gasteiger partial charge in [-0.25, -0.2) is 0 Å². The second-order valence-electron chi connectivity index (χ2n) is 4.13. The first-order chi connectivity index (χ1) is 9.54. The summed E-state index contributed by atoms with van der Waals surface area (Å²) in [6.45, 7) is 7.80. The third-order valence-corrected chi connectivity index (χ3v) is 2.53. The van der Waals surface area contributed by atoms with Crippen LogP contribution in [0, 0.1) is 0 Å². The molecule has 0 atom stereocenters. The van der Waals surface area contributed by atoms with Gasteiger partial charge in [0.1, 0.15) is 0 Å². The van der Waals surface area contributed by atoms with Gasteiger partial charge in [-0.15, -0.1) is 0 Å². The van der Waals surface area contributed by atoms with Crippen molar-refractivity contribution in [3.63, 3.8) is 0 Å².